The number of alkyl halides is 4. The lowest BCUT2D eigenvalue weighted by molar-refractivity contribution is -0.164. The van der Waals surface area contributed by atoms with E-state index in [1.54, 1.807) is 35.0 Å². The summed E-state index contributed by atoms with van der Waals surface area (Å²) in [6, 6.07) is 4.74. The predicted octanol–water partition coefficient (Wildman–Crippen LogP) is 3.50. The van der Waals surface area contributed by atoms with Crippen molar-refractivity contribution in [3.8, 4) is 17.0 Å². The van der Waals surface area contributed by atoms with E-state index in [2.05, 4.69) is 30.6 Å². The zero-order valence-electron chi connectivity index (χ0n) is 20.7. The number of likely N-dealkylation sites (tertiary alicyclic amines) is 1. The van der Waals surface area contributed by atoms with Gasteiger partial charge in [0, 0.05) is 24.8 Å². The van der Waals surface area contributed by atoms with Crippen LogP contribution >= 0.6 is 0 Å². The van der Waals surface area contributed by atoms with Crippen molar-refractivity contribution in [3.05, 3.63) is 30.5 Å². The Morgan fingerprint density at radius 3 is 2.71 bits per heavy atom. The number of halogens is 4. The number of anilines is 1. The molecule has 14 heteroatoms. The van der Waals surface area contributed by atoms with E-state index < -0.39 is 24.4 Å². The minimum atomic E-state index is -4.47. The Bertz CT molecular complexity index is 1470. The number of rotatable bonds is 6. The first kappa shape index (κ1) is 24.8. The molecule has 0 unspecified atom stereocenters. The van der Waals surface area contributed by atoms with E-state index in [9.17, 15) is 17.6 Å². The molecule has 202 valence electrons. The number of hydrogen-bond acceptors (Lipinski definition) is 8. The van der Waals surface area contributed by atoms with Crippen molar-refractivity contribution in [2.45, 2.75) is 43.8 Å². The van der Waals surface area contributed by atoms with Crippen LogP contribution in [0.3, 0.4) is 0 Å². The number of piperidine rings is 1. The largest absolute Gasteiger partial charge is 0.479 e. The molecule has 6 rings (SSSR count). The van der Waals surface area contributed by atoms with Gasteiger partial charge in [0.2, 0.25) is 11.8 Å². The topological polar surface area (TPSA) is 94.6 Å². The van der Waals surface area contributed by atoms with Crippen LogP contribution in [-0.4, -0.2) is 92.3 Å². The van der Waals surface area contributed by atoms with Crippen LogP contribution in [0.2, 0.25) is 0 Å². The third kappa shape index (κ3) is 4.30. The highest BCUT2D eigenvalue weighted by atomic mass is 19.4. The second kappa shape index (κ2) is 9.34. The third-order valence-electron chi connectivity index (χ3n) is 7.32. The predicted molar refractivity (Wildman–Crippen MR) is 130 cm³/mol. The van der Waals surface area contributed by atoms with Gasteiger partial charge in [-0.2, -0.15) is 18.2 Å². The molecule has 0 bridgehead atoms. The van der Waals surface area contributed by atoms with E-state index in [4.69, 9.17) is 9.47 Å². The lowest BCUT2D eigenvalue weighted by atomic mass is 10.0. The van der Waals surface area contributed by atoms with Crippen molar-refractivity contribution >= 4 is 22.5 Å². The van der Waals surface area contributed by atoms with Crippen LogP contribution < -0.4 is 10.1 Å². The summed E-state index contributed by atoms with van der Waals surface area (Å²) < 4.78 is 68.3. The van der Waals surface area contributed by atoms with Crippen molar-refractivity contribution in [1.82, 2.24) is 34.5 Å². The van der Waals surface area contributed by atoms with Crippen molar-refractivity contribution in [2.24, 2.45) is 0 Å². The molecule has 4 aromatic rings. The van der Waals surface area contributed by atoms with E-state index in [1.807, 2.05) is 0 Å². The molecule has 38 heavy (non-hydrogen) atoms. The number of ether oxygens (including phenoxy) is 2. The highest BCUT2D eigenvalue weighted by Gasteiger charge is 2.39. The molecule has 1 aromatic carbocycles. The lowest BCUT2D eigenvalue weighted by Gasteiger charge is -2.42. The molecular weight excluding hydrogens is 508 g/mol. The molecule has 0 spiro atoms. The Morgan fingerprint density at radius 2 is 2.03 bits per heavy atom. The summed E-state index contributed by atoms with van der Waals surface area (Å²) in [5.74, 6) is 0.471. The van der Waals surface area contributed by atoms with Gasteiger partial charge < -0.3 is 14.8 Å². The summed E-state index contributed by atoms with van der Waals surface area (Å²) in [5.41, 5.74) is 2.40. The number of nitrogens with zero attached hydrogens (tertiary/aromatic N) is 7. The van der Waals surface area contributed by atoms with Crippen LogP contribution in [0.1, 0.15) is 19.4 Å². The second-order valence-electron chi connectivity index (χ2n) is 9.66. The Kier molecular flexibility index (Phi) is 6.10. The van der Waals surface area contributed by atoms with Gasteiger partial charge in [-0.3, -0.25) is 4.90 Å². The Labute approximate surface area is 214 Å². The van der Waals surface area contributed by atoms with Gasteiger partial charge in [-0.1, -0.05) is 11.3 Å². The molecule has 10 nitrogen and oxygen atoms in total. The number of methoxy groups -OCH3 is 1. The lowest BCUT2D eigenvalue weighted by Crippen LogP contribution is -2.57. The standard InChI is InChI=1S/C24H26F4N8O2/c1-13(24(26,27)28)36-20-9-14(3-4-19(20)31-33-36)16-5-8-35-21(16)22(37-2)30-23(32-35)29-18-6-7-34(10-17(18)25)15-11-38-12-15/h3-5,8-9,13,15,17-18H,6-7,10-12H2,1-2H3,(H,29,32)/t13-,17-,18+/m0/s1. The molecule has 0 amide bonds. The molecule has 5 heterocycles. The molecule has 2 saturated heterocycles. The minimum Gasteiger partial charge on any atom is -0.479 e. The molecule has 2 aliphatic rings. The zero-order valence-corrected chi connectivity index (χ0v) is 20.7. The van der Waals surface area contributed by atoms with Crippen molar-refractivity contribution in [1.29, 1.82) is 0 Å². The van der Waals surface area contributed by atoms with Crippen LogP contribution in [0.4, 0.5) is 23.5 Å². The average Bonchev–Trinajstić information content (AvgIpc) is 3.47. The Morgan fingerprint density at radius 1 is 1.21 bits per heavy atom. The summed E-state index contributed by atoms with van der Waals surface area (Å²) in [7, 11) is 1.47. The smallest absolute Gasteiger partial charge is 0.410 e. The molecule has 3 aromatic heterocycles. The highest BCUT2D eigenvalue weighted by molar-refractivity contribution is 5.89. The van der Waals surface area contributed by atoms with Gasteiger partial charge in [0.1, 0.15) is 23.2 Å². The van der Waals surface area contributed by atoms with Gasteiger partial charge in [0.25, 0.3) is 0 Å². The van der Waals surface area contributed by atoms with Gasteiger partial charge >= 0.3 is 6.18 Å². The first-order valence-corrected chi connectivity index (χ1v) is 12.3. The Hall–Kier alpha value is -3.52. The molecule has 2 fully saturated rings. The van der Waals surface area contributed by atoms with Crippen LogP contribution in [0.25, 0.3) is 27.7 Å². The maximum Gasteiger partial charge on any atom is 0.410 e. The SMILES string of the molecule is COc1nc(N[C@@H]2CCN(C3COC3)C[C@@H]2F)nn2ccc(-c3ccc4nnn([C@@H](C)C(F)(F)F)c4c3)c12. The van der Waals surface area contributed by atoms with Gasteiger partial charge in [-0.15, -0.1) is 10.2 Å². The highest BCUT2D eigenvalue weighted by Crippen LogP contribution is 2.35. The first-order chi connectivity index (χ1) is 18.2. The quantitative estimate of drug-likeness (QED) is 0.376. The monoisotopic (exact) mass is 534 g/mol. The van der Waals surface area contributed by atoms with Crippen LogP contribution in [0, 0.1) is 0 Å². The third-order valence-corrected chi connectivity index (χ3v) is 7.32. The van der Waals surface area contributed by atoms with E-state index in [-0.39, 0.29) is 23.4 Å². The maximum atomic E-state index is 15.0. The molecule has 0 saturated carbocycles. The van der Waals surface area contributed by atoms with Crippen LogP contribution in [-0.2, 0) is 4.74 Å². The van der Waals surface area contributed by atoms with E-state index in [0.717, 1.165) is 18.2 Å². The Balaban J connectivity index is 1.30. The van der Waals surface area contributed by atoms with E-state index in [1.165, 1.54) is 7.11 Å². The zero-order chi connectivity index (χ0) is 26.6. The van der Waals surface area contributed by atoms with Gasteiger partial charge in [-0.05, 0) is 37.1 Å². The fourth-order valence-electron chi connectivity index (χ4n) is 4.98. The average molecular weight is 535 g/mol. The van der Waals surface area contributed by atoms with E-state index in [0.29, 0.717) is 48.3 Å². The molecule has 0 aliphatic carbocycles. The van der Waals surface area contributed by atoms with Crippen molar-refractivity contribution < 1.29 is 27.0 Å². The van der Waals surface area contributed by atoms with Gasteiger partial charge in [0.05, 0.1) is 37.9 Å². The molecule has 3 atom stereocenters. The molecule has 0 radical (unpaired) electrons. The normalized spacial score (nSPS) is 22.1. The molecular formula is C24H26F4N8O2. The van der Waals surface area contributed by atoms with E-state index >= 15 is 0 Å². The van der Waals surface area contributed by atoms with Crippen molar-refractivity contribution in [2.75, 3.05) is 38.7 Å². The molecule has 2 aliphatic heterocycles. The number of fused-ring (bicyclic) bond motifs is 2. The first-order valence-electron chi connectivity index (χ1n) is 12.3. The summed E-state index contributed by atoms with van der Waals surface area (Å²) in [6.07, 6.45) is -3.28. The molecule has 1 N–H and O–H groups in total. The number of benzene rings is 1. The second-order valence-corrected chi connectivity index (χ2v) is 9.66. The number of aromatic nitrogens is 6. The summed E-state index contributed by atoms with van der Waals surface area (Å²) >= 11 is 0. The number of nitrogens with one attached hydrogen (secondary N) is 1. The summed E-state index contributed by atoms with van der Waals surface area (Å²) in [4.78, 5) is 6.59. The number of hydrogen-bond donors (Lipinski definition) is 1. The maximum absolute atomic E-state index is 15.0. The minimum absolute atomic E-state index is 0.223. The fraction of sp³-hybridized carbons (Fsp3) is 0.500. The van der Waals surface area contributed by atoms with Gasteiger partial charge in [0.15, 0.2) is 0 Å². The van der Waals surface area contributed by atoms with Gasteiger partial charge in [-0.25, -0.2) is 13.6 Å². The summed E-state index contributed by atoms with van der Waals surface area (Å²) in [6.45, 7) is 3.39. The van der Waals surface area contributed by atoms with Crippen molar-refractivity contribution in [3.63, 3.8) is 0 Å². The van der Waals surface area contributed by atoms with Crippen LogP contribution in [0.5, 0.6) is 5.88 Å². The van der Waals surface area contributed by atoms with Crippen LogP contribution in [0.15, 0.2) is 30.5 Å². The summed E-state index contributed by atoms with van der Waals surface area (Å²) in [5, 5.41) is 15.2. The fourth-order valence-corrected chi connectivity index (χ4v) is 4.98.